The summed E-state index contributed by atoms with van der Waals surface area (Å²) in [6.45, 7) is 6.27. The molecule has 0 radical (unpaired) electrons. The first kappa shape index (κ1) is 8.95. The largest absolute Gasteiger partial charge is 0.248 e. The van der Waals surface area contributed by atoms with E-state index >= 15 is 0 Å². The van der Waals surface area contributed by atoms with E-state index in [4.69, 9.17) is 0 Å². The molecule has 0 saturated heterocycles. The highest BCUT2D eigenvalue weighted by Crippen LogP contribution is 2.47. The Morgan fingerprint density at radius 3 is 1.91 bits per heavy atom. The first-order valence-electron chi connectivity index (χ1n) is 4.30. The summed E-state index contributed by atoms with van der Waals surface area (Å²) in [6, 6.07) is 0. The molecular weight excluding hydrogens is 146 g/mol. The first-order valence-corrected chi connectivity index (χ1v) is 4.30. The van der Waals surface area contributed by atoms with Crippen LogP contribution in [0.25, 0.3) is 0 Å². The Balaban J connectivity index is 2.32. The Kier molecular flexibility index (Phi) is 2.22. The van der Waals surface area contributed by atoms with Crippen LogP contribution in [0.4, 0.5) is 8.78 Å². The van der Waals surface area contributed by atoms with Crippen molar-refractivity contribution in [1.82, 2.24) is 0 Å². The van der Waals surface area contributed by atoms with Gasteiger partial charge < -0.3 is 0 Å². The molecule has 0 amide bonds. The summed E-state index contributed by atoms with van der Waals surface area (Å²) in [4.78, 5) is 0. The van der Waals surface area contributed by atoms with E-state index in [1.807, 2.05) is 0 Å². The van der Waals surface area contributed by atoms with E-state index in [2.05, 4.69) is 20.8 Å². The standard InChI is InChI=1S/C9H16F2/c1-6(2)7(3)8-4-9(10,11)5-8/h6-8H,4-5H2,1-3H3. The van der Waals surface area contributed by atoms with Crippen LogP contribution in [0, 0.1) is 17.8 Å². The van der Waals surface area contributed by atoms with Gasteiger partial charge in [-0.25, -0.2) is 8.78 Å². The van der Waals surface area contributed by atoms with Crippen molar-refractivity contribution in [3.05, 3.63) is 0 Å². The lowest BCUT2D eigenvalue weighted by Gasteiger charge is -2.40. The molecule has 11 heavy (non-hydrogen) atoms. The SMILES string of the molecule is CC(C)C(C)C1CC(F)(F)C1. The Bertz CT molecular complexity index is 132. The second-order valence-corrected chi connectivity index (χ2v) is 4.13. The van der Waals surface area contributed by atoms with Gasteiger partial charge in [-0.2, -0.15) is 0 Å². The molecule has 1 aliphatic carbocycles. The second-order valence-electron chi connectivity index (χ2n) is 4.13. The molecule has 0 bridgehead atoms. The van der Waals surface area contributed by atoms with Crippen molar-refractivity contribution >= 4 is 0 Å². The van der Waals surface area contributed by atoms with Crippen molar-refractivity contribution in [2.45, 2.75) is 39.5 Å². The molecule has 0 aromatic carbocycles. The minimum atomic E-state index is -2.34. The van der Waals surface area contributed by atoms with E-state index < -0.39 is 5.92 Å². The van der Waals surface area contributed by atoms with Gasteiger partial charge in [0.2, 0.25) is 5.92 Å². The molecule has 1 unspecified atom stereocenters. The van der Waals surface area contributed by atoms with Crippen molar-refractivity contribution in [3.8, 4) is 0 Å². The lowest BCUT2D eigenvalue weighted by atomic mass is 9.70. The Morgan fingerprint density at radius 1 is 1.18 bits per heavy atom. The van der Waals surface area contributed by atoms with Gasteiger partial charge in [0.25, 0.3) is 0 Å². The zero-order chi connectivity index (χ0) is 8.65. The van der Waals surface area contributed by atoms with Gasteiger partial charge >= 0.3 is 0 Å². The molecule has 0 aromatic heterocycles. The van der Waals surface area contributed by atoms with Crippen molar-refractivity contribution in [2.24, 2.45) is 17.8 Å². The van der Waals surface area contributed by atoms with E-state index in [1.165, 1.54) is 0 Å². The highest BCUT2D eigenvalue weighted by molar-refractivity contribution is 4.89. The topological polar surface area (TPSA) is 0 Å². The molecule has 2 heteroatoms. The maximum Gasteiger partial charge on any atom is 0.248 e. The third kappa shape index (κ3) is 1.91. The van der Waals surface area contributed by atoms with Gasteiger partial charge in [-0.15, -0.1) is 0 Å². The zero-order valence-electron chi connectivity index (χ0n) is 7.40. The van der Waals surface area contributed by atoms with Gasteiger partial charge in [-0.05, 0) is 17.8 Å². The molecule has 66 valence electrons. The van der Waals surface area contributed by atoms with E-state index in [0.29, 0.717) is 11.8 Å². The summed E-state index contributed by atoms with van der Waals surface area (Å²) in [5.74, 6) is -1.08. The molecule has 0 aliphatic heterocycles. The number of alkyl halides is 2. The number of halogens is 2. The zero-order valence-corrected chi connectivity index (χ0v) is 7.40. The monoisotopic (exact) mass is 162 g/mol. The van der Waals surface area contributed by atoms with Crippen molar-refractivity contribution in [2.75, 3.05) is 0 Å². The average molecular weight is 162 g/mol. The molecule has 1 rings (SSSR count). The predicted molar refractivity (Wildman–Crippen MR) is 41.7 cm³/mol. The van der Waals surface area contributed by atoms with Gasteiger partial charge in [-0.1, -0.05) is 20.8 Å². The number of rotatable bonds is 2. The predicted octanol–water partition coefficient (Wildman–Crippen LogP) is 3.32. The summed E-state index contributed by atoms with van der Waals surface area (Å²) in [6.07, 6.45) is 0.235. The quantitative estimate of drug-likeness (QED) is 0.584. The summed E-state index contributed by atoms with van der Waals surface area (Å²) in [5.41, 5.74) is 0. The molecule has 1 atom stereocenters. The van der Waals surface area contributed by atoms with E-state index in [-0.39, 0.29) is 18.8 Å². The third-order valence-electron chi connectivity index (χ3n) is 2.92. The lowest BCUT2D eigenvalue weighted by molar-refractivity contribution is -0.128. The molecular formula is C9H16F2. The lowest BCUT2D eigenvalue weighted by Crippen LogP contribution is -2.40. The fraction of sp³-hybridized carbons (Fsp3) is 1.00. The smallest absolute Gasteiger partial charge is 0.207 e. The third-order valence-corrected chi connectivity index (χ3v) is 2.92. The van der Waals surface area contributed by atoms with Gasteiger partial charge in [0.15, 0.2) is 0 Å². The highest BCUT2D eigenvalue weighted by atomic mass is 19.3. The normalized spacial score (nSPS) is 26.7. The summed E-state index contributed by atoms with van der Waals surface area (Å²) >= 11 is 0. The van der Waals surface area contributed by atoms with E-state index in [1.54, 1.807) is 0 Å². The molecule has 0 spiro atoms. The maximum atomic E-state index is 12.4. The van der Waals surface area contributed by atoms with Crippen LogP contribution in [0.15, 0.2) is 0 Å². The minimum absolute atomic E-state index is 0.117. The Hall–Kier alpha value is -0.140. The maximum absolute atomic E-state index is 12.4. The molecule has 1 fully saturated rings. The summed E-state index contributed by atoms with van der Waals surface area (Å²) < 4.78 is 24.8. The van der Waals surface area contributed by atoms with Crippen LogP contribution in [-0.2, 0) is 0 Å². The van der Waals surface area contributed by atoms with E-state index in [9.17, 15) is 8.78 Å². The van der Waals surface area contributed by atoms with Crippen LogP contribution in [0.1, 0.15) is 33.6 Å². The second kappa shape index (κ2) is 2.72. The minimum Gasteiger partial charge on any atom is -0.207 e. The van der Waals surface area contributed by atoms with Crippen LogP contribution >= 0.6 is 0 Å². The average Bonchev–Trinajstić information content (AvgIpc) is 1.80. The Labute approximate surface area is 67.0 Å². The number of hydrogen-bond acceptors (Lipinski definition) is 0. The van der Waals surface area contributed by atoms with Gasteiger partial charge in [0.05, 0.1) is 0 Å². The molecule has 0 nitrogen and oxygen atoms in total. The fourth-order valence-corrected chi connectivity index (χ4v) is 1.62. The molecule has 1 aliphatic rings. The van der Waals surface area contributed by atoms with E-state index in [0.717, 1.165) is 0 Å². The highest BCUT2D eigenvalue weighted by Gasteiger charge is 2.47. The molecule has 0 N–H and O–H groups in total. The van der Waals surface area contributed by atoms with Gasteiger partial charge in [0, 0.05) is 12.8 Å². The van der Waals surface area contributed by atoms with Crippen LogP contribution < -0.4 is 0 Å². The first-order chi connectivity index (χ1) is 4.92. The van der Waals surface area contributed by atoms with Crippen LogP contribution in [0.5, 0.6) is 0 Å². The molecule has 0 heterocycles. The molecule has 0 aromatic rings. The van der Waals surface area contributed by atoms with Crippen LogP contribution in [0.2, 0.25) is 0 Å². The van der Waals surface area contributed by atoms with Gasteiger partial charge in [0.1, 0.15) is 0 Å². The van der Waals surface area contributed by atoms with Crippen molar-refractivity contribution in [3.63, 3.8) is 0 Å². The van der Waals surface area contributed by atoms with Gasteiger partial charge in [-0.3, -0.25) is 0 Å². The number of hydrogen-bond donors (Lipinski definition) is 0. The molecule has 1 saturated carbocycles. The van der Waals surface area contributed by atoms with Crippen LogP contribution in [0.3, 0.4) is 0 Å². The Morgan fingerprint density at radius 2 is 1.64 bits per heavy atom. The van der Waals surface area contributed by atoms with Crippen molar-refractivity contribution < 1.29 is 8.78 Å². The summed E-state index contributed by atoms with van der Waals surface area (Å²) in [7, 11) is 0. The fourth-order valence-electron chi connectivity index (χ4n) is 1.62. The van der Waals surface area contributed by atoms with Crippen LogP contribution in [-0.4, -0.2) is 5.92 Å². The summed E-state index contributed by atoms with van der Waals surface area (Å²) in [5, 5.41) is 0. The van der Waals surface area contributed by atoms with Crippen molar-refractivity contribution in [1.29, 1.82) is 0 Å².